The Hall–Kier alpha value is -2.15. The Kier molecular flexibility index (Phi) is 6.78. The maximum absolute atomic E-state index is 12.0. The topological polar surface area (TPSA) is 61.4 Å². The quantitative estimate of drug-likeness (QED) is 0.443. The summed E-state index contributed by atoms with van der Waals surface area (Å²) in [5.74, 6) is -1.11. The van der Waals surface area contributed by atoms with Crippen molar-refractivity contribution in [2.24, 2.45) is 7.05 Å². The van der Waals surface area contributed by atoms with Gasteiger partial charge in [-0.3, -0.25) is 0 Å². The number of hydrogen-bond acceptors (Lipinski definition) is 4. The number of carbonyl (C=O) groups is 2. The third kappa shape index (κ3) is 4.70. The second-order valence-corrected chi connectivity index (χ2v) is 4.56. The first-order valence-corrected chi connectivity index (χ1v) is 6.43. The van der Waals surface area contributed by atoms with Crippen LogP contribution in [0.3, 0.4) is 0 Å². The van der Waals surface area contributed by atoms with E-state index >= 15 is 0 Å². The number of imidazole rings is 1. The van der Waals surface area contributed by atoms with Crippen molar-refractivity contribution in [1.82, 2.24) is 4.57 Å². The molecule has 0 N–H and O–H groups in total. The smallest absolute Gasteiger partial charge is 0.351 e. The lowest BCUT2D eigenvalue weighted by atomic mass is 10.1. The van der Waals surface area contributed by atoms with Gasteiger partial charge in [0.05, 0.1) is 14.2 Å². The van der Waals surface area contributed by atoms with E-state index in [0.717, 1.165) is 0 Å². The van der Waals surface area contributed by atoms with Gasteiger partial charge in [-0.1, -0.05) is 30.3 Å². The summed E-state index contributed by atoms with van der Waals surface area (Å²) in [6.45, 7) is 0.0289. The molecule has 0 amide bonds. The highest BCUT2D eigenvalue weighted by Gasteiger charge is 2.26. The van der Waals surface area contributed by atoms with Crippen molar-refractivity contribution in [3.8, 4) is 0 Å². The standard InChI is InChI=1S/C15H17N2O4.BrH/c1-16-8-9-17(11-16)10-13(18)21-14(15(19)20-2)12-6-4-3-5-7-12;/h3-9,11,14H,10H2,1-2H3;1H/q+1;/p-1/t14-;/m0./s1. The van der Waals surface area contributed by atoms with E-state index in [1.807, 2.05) is 23.9 Å². The van der Waals surface area contributed by atoms with Crippen molar-refractivity contribution < 1.29 is 40.6 Å². The fourth-order valence-corrected chi connectivity index (χ4v) is 1.90. The van der Waals surface area contributed by atoms with Gasteiger partial charge in [-0.25, -0.2) is 18.7 Å². The predicted octanol–water partition coefficient (Wildman–Crippen LogP) is -2.23. The van der Waals surface area contributed by atoms with Crippen LogP contribution in [0, 0.1) is 0 Å². The van der Waals surface area contributed by atoms with Crippen LogP contribution >= 0.6 is 0 Å². The molecule has 0 aliphatic carbocycles. The summed E-state index contributed by atoms with van der Waals surface area (Å²) in [4.78, 5) is 23.8. The molecule has 1 aromatic carbocycles. The summed E-state index contributed by atoms with van der Waals surface area (Å²) >= 11 is 0. The Morgan fingerprint density at radius 3 is 2.50 bits per heavy atom. The number of esters is 2. The normalized spacial score (nSPS) is 11.2. The summed E-state index contributed by atoms with van der Waals surface area (Å²) in [5.41, 5.74) is 0.579. The number of rotatable bonds is 5. The molecule has 0 fully saturated rings. The first-order valence-electron chi connectivity index (χ1n) is 6.43. The Labute approximate surface area is 139 Å². The van der Waals surface area contributed by atoms with E-state index in [1.165, 1.54) is 7.11 Å². The molecule has 1 heterocycles. The molecule has 1 atom stereocenters. The lowest BCUT2D eigenvalue weighted by molar-refractivity contribution is -0.671. The fourth-order valence-electron chi connectivity index (χ4n) is 1.90. The zero-order valence-corrected chi connectivity index (χ0v) is 13.9. The van der Waals surface area contributed by atoms with Gasteiger partial charge in [0.2, 0.25) is 12.4 Å². The summed E-state index contributed by atoms with van der Waals surface area (Å²) in [6.07, 6.45) is 4.25. The number of methoxy groups -OCH3 is 1. The summed E-state index contributed by atoms with van der Waals surface area (Å²) in [6, 6.07) is 8.78. The second-order valence-electron chi connectivity index (χ2n) is 4.56. The minimum atomic E-state index is -1.05. The van der Waals surface area contributed by atoms with E-state index in [4.69, 9.17) is 9.47 Å². The molecule has 0 saturated heterocycles. The Morgan fingerprint density at radius 1 is 1.27 bits per heavy atom. The van der Waals surface area contributed by atoms with E-state index in [9.17, 15) is 9.59 Å². The van der Waals surface area contributed by atoms with Gasteiger partial charge in [0, 0.05) is 5.56 Å². The highest BCUT2D eigenvalue weighted by atomic mass is 79.9. The van der Waals surface area contributed by atoms with E-state index in [0.29, 0.717) is 5.56 Å². The number of halogens is 1. The number of benzene rings is 1. The average Bonchev–Trinajstić information content (AvgIpc) is 2.90. The van der Waals surface area contributed by atoms with Gasteiger partial charge in [-0.2, -0.15) is 0 Å². The number of ether oxygens (including phenoxy) is 2. The molecule has 118 valence electrons. The molecule has 7 heteroatoms. The zero-order valence-electron chi connectivity index (χ0n) is 12.3. The molecule has 2 rings (SSSR count). The first-order chi connectivity index (χ1) is 10.1. The minimum absolute atomic E-state index is 0. The molecule has 22 heavy (non-hydrogen) atoms. The van der Waals surface area contributed by atoms with Crippen molar-refractivity contribution in [2.75, 3.05) is 7.11 Å². The molecule has 0 aliphatic rings. The van der Waals surface area contributed by atoms with Crippen LogP contribution in [0.5, 0.6) is 0 Å². The van der Waals surface area contributed by atoms with Crippen LogP contribution in [0.4, 0.5) is 0 Å². The molecule has 0 aliphatic heterocycles. The maximum Gasteiger partial charge on any atom is 0.351 e. The van der Waals surface area contributed by atoms with Crippen LogP contribution in [0.1, 0.15) is 11.7 Å². The fraction of sp³-hybridized carbons (Fsp3) is 0.267. The molecule has 0 spiro atoms. The highest BCUT2D eigenvalue weighted by Crippen LogP contribution is 2.19. The van der Waals surface area contributed by atoms with Crippen molar-refractivity contribution in [2.45, 2.75) is 12.6 Å². The first kappa shape index (κ1) is 17.9. The van der Waals surface area contributed by atoms with Gasteiger partial charge in [0.15, 0.2) is 6.54 Å². The SMILES string of the molecule is COC(=O)[C@@H](OC(=O)Cn1cc[n+](C)c1)c1ccccc1.[Br-]. The van der Waals surface area contributed by atoms with Crippen molar-refractivity contribution in [1.29, 1.82) is 0 Å². The van der Waals surface area contributed by atoms with E-state index in [1.54, 1.807) is 41.4 Å². The average molecular weight is 369 g/mol. The van der Waals surface area contributed by atoms with Crippen molar-refractivity contribution in [3.63, 3.8) is 0 Å². The van der Waals surface area contributed by atoms with Gasteiger partial charge < -0.3 is 26.5 Å². The number of nitrogens with zero attached hydrogens (tertiary/aromatic N) is 2. The van der Waals surface area contributed by atoms with Crippen molar-refractivity contribution >= 4 is 11.9 Å². The van der Waals surface area contributed by atoms with E-state index < -0.39 is 18.0 Å². The van der Waals surface area contributed by atoms with Crippen LogP contribution in [0.2, 0.25) is 0 Å². The Bertz CT molecular complexity index is 627. The van der Waals surface area contributed by atoms with Crippen LogP contribution in [0.15, 0.2) is 49.1 Å². The third-order valence-corrected chi connectivity index (χ3v) is 2.90. The molecule has 2 aromatic rings. The molecule has 0 radical (unpaired) electrons. The maximum atomic E-state index is 12.0. The number of aromatic nitrogens is 2. The molecule has 0 saturated carbocycles. The molecule has 0 unspecified atom stereocenters. The van der Waals surface area contributed by atoms with E-state index in [2.05, 4.69) is 0 Å². The highest BCUT2D eigenvalue weighted by molar-refractivity contribution is 5.80. The molecular formula is C15H17BrN2O4. The number of hydrogen-bond donors (Lipinski definition) is 0. The van der Waals surface area contributed by atoms with Gasteiger partial charge in [0.1, 0.15) is 12.4 Å². The number of aryl methyl sites for hydroxylation is 1. The lowest BCUT2D eigenvalue weighted by Crippen LogP contribution is -3.00. The molecule has 6 nitrogen and oxygen atoms in total. The van der Waals surface area contributed by atoms with Crippen molar-refractivity contribution in [3.05, 3.63) is 54.6 Å². The molecule has 1 aromatic heterocycles. The molecular weight excluding hydrogens is 352 g/mol. The van der Waals surface area contributed by atoms with Crippen LogP contribution < -0.4 is 21.5 Å². The van der Waals surface area contributed by atoms with Crippen LogP contribution in [-0.4, -0.2) is 23.6 Å². The predicted molar refractivity (Wildman–Crippen MR) is 72.9 cm³/mol. The summed E-state index contributed by atoms with van der Waals surface area (Å²) in [5, 5.41) is 0. The third-order valence-electron chi connectivity index (χ3n) is 2.90. The molecule has 0 bridgehead atoms. The van der Waals surface area contributed by atoms with Gasteiger partial charge >= 0.3 is 11.9 Å². The largest absolute Gasteiger partial charge is 1.00 e. The van der Waals surface area contributed by atoms with Gasteiger partial charge in [-0.05, 0) is 0 Å². The summed E-state index contributed by atoms with van der Waals surface area (Å²) in [7, 11) is 3.11. The minimum Gasteiger partial charge on any atom is -1.00 e. The number of carbonyl (C=O) groups excluding carboxylic acids is 2. The van der Waals surface area contributed by atoms with Gasteiger partial charge in [0.25, 0.3) is 0 Å². The Morgan fingerprint density at radius 2 is 1.95 bits per heavy atom. The van der Waals surface area contributed by atoms with E-state index in [-0.39, 0.29) is 23.5 Å². The van der Waals surface area contributed by atoms with Gasteiger partial charge in [-0.15, -0.1) is 0 Å². The van der Waals surface area contributed by atoms with Crippen LogP contribution in [-0.2, 0) is 32.7 Å². The Balaban J connectivity index is 0.00000242. The zero-order chi connectivity index (χ0) is 15.2. The second kappa shape index (κ2) is 8.33. The lowest BCUT2D eigenvalue weighted by Gasteiger charge is -2.15. The summed E-state index contributed by atoms with van der Waals surface area (Å²) < 4.78 is 13.4. The van der Waals surface area contributed by atoms with Crippen LogP contribution in [0.25, 0.3) is 0 Å². The monoisotopic (exact) mass is 368 g/mol.